The number of aryl methyl sites for hydroxylation is 2. The van der Waals surface area contributed by atoms with E-state index in [1.807, 2.05) is 11.8 Å². The fourth-order valence-corrected chi connectivity index (χ4v) is 7.62. The van der Waals surface area contributed by atoms with Gasteiger partial charge in [-0.2, -0.15) is 0 Å². The van der Waals surface area contributed by atoms with Crippen LogP contribution in [0.3, 0.4) is 0 Å². The molecular weight excluding hydrogens is 314 g/mol. The summed E-state index contributed by atoms with van der Waals surface area (Å²) in [4.78, 5) is 12.8. The third kappa shape index (κ3) is 3.12. The first kappa shape index (κ1) is 16.5. The molecule has 24 heavy (non-hydrogen) atoms. The summed E-state index contributed by atoms with van der Waals surface area (Å²) in [6, 6.07) is 6.26. The van der Waals surface area contributed by atoms with Crippen molar-refractivity contribution in [2.75, 3.05) is 5.32 Å². The molecule has 0 saturated heterocycles. The molecule has 0 unspecified atom stereocenters. The van der Waals surface area contributed by atoms with Gasteiger partial charge in [-0.25, -0.2) is 0 Å². The van der Waals surface area contributed by atoms with Crippen LogP contribution in [-0.2, 0) is 4.79 Å². The average molecular weight is 344 g/mol. The molecule has 4 bridgehead atoms. The number of benzene rings is 1. The van der Waals surface area contributed by atoms with E-state index in [4.69, 9.17) is 0 Å². The van der Waals surface area contributed by atoms with Crippen molar-refractivity contribution in [2.24, 2.45) is 17.8 Å². The molecule has 1 N–H and O–H groups in total. The highest BCUT2D eigenvalue weighted by Gasteiger charge is 2.52. The van der Waals surface area contributed by atoms with Crippen LogP contribution in [0, 0.1) is 31.6 Å². The van der Waals surface area contributed by atoms with E-state index in [0.717, 1.165) is 29.0 Å². The fraction of sp³-hybridized carbons (Fsp3) is 0.667. The maximum Gasteiger partial charge on any atom is 0.237 e. The largest absolute Gasteiger partial charge is 0.325 e. The van der Waals surface area contributed by atoms with E-state index in [0.29, 0.717) is 4.75 Å². The van der Waals surface area contributed by atoms with Crippen LogP contribution in [0.4, 0.5) is 5.69 Å². The summed E-state index contributed by atoms with van der Waals surface area (Å²) < 4.78 is 0.396. The predicted molar refractivity (Wildman–Crippen MR) is 103 cm³/mol. The van der Waals surface area contributed by atoms with Crippen molar-refractivity contribution in [2.45, 2.75) is 69.3 Å². The van der Waals surface area contributed by atoms with Gasteiger partial charge in [-0.3, -0.25) is 4.79 Å². The van der Waals surface area contributed by atoms with Crippen LogP contribution in [0.2, 0.25) is 0 Å². The van der Waals surface area contributed by atoms with Crippen molar-refractivity contribution in [3.8, 4) is 0 Å². The Morgan fingerprint density at radius 1 is 1.12 bits per heavy atom. The Hall–Kier alpha value is -0.960. The lowest BCUT2D eigenvalue weighted by molar-refractivity contribution is -0.115. The molecule has 0 spiro atoms. The summed E-state index contributed by atoms with van der Waals surface area (Å²) in [6.07, 6.45) is 8.44. The van der Waals surface area contributed by atoms with Gasteiger partial charge in [0.15, 0.2) is 0 Å². The molecule has 4 saturated carbocycles. The van der Waals surface area contributed by atoms with Crippen LogP contribution in [-0.4, -0.2) is 15.9 Å². The molecule has 0 aromatic heterocycles. The van der Waals surface area contributed by atoms with E-state index in [-0.39, 0.29) is 11.2 Å². The summed E-state index contributed by atoms with van der Waals surface area (Å²) in [7, 11) is 0. The molecule has 5 rings (SSSR count). The summed E-state index contributed by atoms with van der Waals surface area (Å²) in [6.45, 7) is 6.23. The number of nitrogens with one attached hydrogen (secondary N) is 1. The molecule has 1 amide bonds. The van der Waals surface area contributed by atoms with Gasteiger partial charge in [0, 0.05) is 10.4 Å². The molecule has 2 nitrogen and oxygen atoms in total. The van der Waals surface area contributed by atoms with Gasteiger partial charge in [0.2, 0.25) is 5.91 Å². The van der Waals surface area contributed by atoms with E-state index in [9.17, 15) is 4.79 Å². The first-order valence-electron chi connectivity index (χ1n) is 9.48. The normalized spacial score (nSPS) is 35.0. The second kappa shape index (κ2) is 6.09. The van der Waals surface area contributed by atoms with E-state index in [2.05, 4.69) is 44.3 Å². The number of carbonyl (C=O) groups is 1. The number of hydrogen-bond donors (Lipinski definition) is 1. The monoisotopic (exact) mass is 343 g/mol. The molecule has 1 aromatic rings. The Morgan fingerprint density at radius 3 is 2.29 bits per heavy atom. The van der Waals surface area contributed by atoms with Gasteiger partial charge >= 0.3 is 0 Å². The van der Waals surface area contributed by atoms with E-state index in [1.165, 1.54) is 44.1 Å². The van der Waals surface area contributed by atoms with Gasteiger partial charge in [-0.15, -0.1) is 11.8 Å². The van der Waals surface area contributed by atoms with E-state index < -0.39 is 0 Å². The van der Waals surface area contributed by atoms with Gasteiger partial charge in [0.05, 0.1) is 5.25 Å². The van der Waals surface area contributed by atoms with Crippen LogP contribution in [0.1, 0.15) is 56.6 Å². The zero-order valence-electron chi connectivity index (χ0n) is 15.1. The lowest BCUT2D eigenvalue weighted by Crippen LogP contribution is -2.49. The number of thioether (sulfide) groups is 1. The molecule has 4 fully saturated rings. The third-order valence-electron chi connectivity index (χ3n) is 6.43. The van der Waals surface area contributed by atoms with E-state index in [1.54, 1.807) is 0 Å². The SMILES string of the molecule is Cc1ccc(C)c(NC(=O)[C@@H](C)SC23CC4CC(CC(C4)C2)C3)c1. The minimum Gasteiger partial charge on any atom is -0.325 e. The molecule has 0 radical (unpaired) electrons. The quantitative estimate of drug-likeness (QED) is 0.800. The van der Waals surface area contributed by atoms with Gasteiger partial charge in [0.1, 0.15) is 0 Å². The predicted octanol–water partition coefficient (Wildman–Crippen LogP) is 5.33. The summed E-state index contributed by atoms with van der Waals surface area (Å²) in [5.41, 5.74) is 3.30. The Morgan fingerprint density at radius 2 is 1.71 bits per heavy atom. The number of rotatable bonds is 4. The second-order valence-corrected chi connectivity index (χ2v) is 10.5. The summed E-state index contributed by atoms with van der Waals surface area (Å²) in [5.74, 6) is 3.00. The number of anilines is 1. The summed E-state index contributed by atoms with van der Waals surface area (Å²) >= 11 is 1.98. The molecule has 0 aliphatic heterocycles. The molecule has 4 aliphatic carbocycles. The minimum absolute atomic E-state index is 0.0289. The standard InChI is InChI=1S/C21H29NOS/c1-13-4-5-14(2)19(6-13)22-20(23)15(3)24-21-10-16-7-17(11-21)9-18(8-16)12-21/h4-6,15-18H,7-12H2,1-3H3,(H,22,23)/t15-,16?,17?,18?,21?/m1/s1. The highest BCUT2D eigenvalue weighted by atomic mass is 32.2. The van der Waals surface area contributed by atoms with Crippen LogP contribution in [0.25, 0.3) is 0 Å². The van der Waals surface area contributed by atoms with Crippen molar-refractivity contribution >= 4 is 23.4 Å². The molecule has 0 heterocycles. The van der Waals surface area contributed by atoms with Crippen molar-refractivity contribution in [3.05, 3.63) is 29.3 Å². The Labute approximate surface area is 150 Å². The van der Waals surface area contributed by atoms with E-state index >= 15 is 0 Å². The van der Waals surface area contributed by atoms with Crippen LogP contribution >= 0.6 is 11.8 Å². The lowest BCUT2D eigenvalue weighted by Gasteiger charge is -2.57. The van der Waals surface area contributed by atoms with Crippen molar-refractivity contribution < 1.29 is 4.79 Å². The summed E-state index contributed by atoms with van der Waals surface area (Å²) in [5, 5.41) is 3.20. The topological polar surface area (TPSA) is 29.1 Å². The Balaban J connectivity index is 1.43. The number of hydrogen-bond acceptors (Lipinski definition) is 2. The molecule has 3 heteroatoms. The fourth-order valence-electron chi connectivity index (χ4n) is 5.71. The zero-order valence-corrected chi connectivity index (χ0v) is 15.9. The van der Waals surface area contributed by atoms with Crippen LogP contribution < -0.4 is 5.32 Å². The second-order valence-electron chi connectivity index (χ2n) is 8.67. The van der Waals surface area contributed by atoms with Crippen molar-refractivity contribution in [1.29, 1.82) is 0 Å². The van der Waals surface area contributed by atoms with Crippen molar-refractivity contribution in [3.63, 3.8) is 0 Å². The average Bonchev–Trinajstić information content (AvgIpc) is 2.49. The maximum absolute atomic E-state index is 12.8. The minimum atomic E-state index is 0.0289. The molecule has 1 atom stereocenters. The highest BCUT2D eigenvalue weighted by Crippen LogP contribution is 2.61. The maximum atomic E-state index is 12.8. The van der Waals surface area contributed by atoms with Crippen LogP contribution in [0.5, 0.6) is 0 Å². The molecule has 4 aliphatic rings. The number of carbonyl (C=O) groups excluding carboxylic acids is 1. The molecule has 1 aromatic carbocycles. The van der Waals surface area contributed by atoms with Gasteiger partial charge in [-0.1, -0.05) is 12.1 Å². The Bertz CT molecular complexity index is 618. The zero-order chi connectivity index (χ0) is 16.9. The van der Waals surface area contributed by atoms with Gasteiger partial charge in [0.25, 0.3) is 0 Å². The van der Waals surface area contributed by atoms with Crippen molar-refractivity contribution in [1.82, 2.24) is 0 Å². The van der Waals surface area contributed by atoms with Crippen LogP contribution in [0.15, 0.2) is 18.2 Å². The Kier molecular flexibility index (Phi) is 4.19. The molecular formula is C21H29NOS. The molecule has 130 valence electrons. The highest BCUT2D eigenvalue weighted by molar-refractivity contribution is 8.01. The van der Waals surface area contributed by atoms with Gasteiger partial charge < -0.3 is 5.32 Å². The third-order valence-corrected chi connectivity index (χ3v) is 8.00. The first-order chi connectivity index (χ1) is 11.4. The first-order valence-corrected chi connectivity index (χ1v) is 10.4. The smallest absolute Gasteiger partial charge is 0.237 e. The lowest BCUT2D eigenvalue weighted by atomic mass is 9.56. The van der Waals surface area contributed by atoms with Gasteiger partial charge in [-0.05, 0) is 94.2 Å². The number of amides is 1.